The van der Waals surface area contributed by atoms with Gasteiger partial charge in [-0.05, 0) is 37.1 Å². The number of hydrogen-bond donors (Lipinski definition) is 2. The van der Waals surface area contributed by atoms with E-state index in [9.17, 15) is 22.4 Å². The molecule has 8 nitrogen and oxygen atoms in total. The van der Waals surface area contributed by atoms with Crippen LogP contribution in [0, 0.1) is 17.7 Å². The SMILES string of the molecule is CN1CC2Cc3nnc(C(=O)Nc4cccc(F)c4)n3CC2C1.O=C(O)C(F)(F)F. The van der Waals surface area contributed by atoms with E-state index in [1.54, 1.807) is 12.1 Å². The zero-order chi connectivity index (χ0) is 22.1. The Morgan fingerprint density at radius 2 is 1.83 bits per heavy atom. The van der Waals surface area contributed by atoms with Gasteiger partial charge in [0.2, 0.25) is 5.82 Å². The third kappa shape index (κ3) is 4.93. The molecule has 2 N–H and O–H groups in total. The molecule has 0 bridgehead atoms. The molecule has 0 aliphatic carbocycles. The molecule has 162 valence electrons. The standard InChI is InChI=1S/C16H18FN5O.C2HF3O2/c1-21-7-10-5-14-19-20-15(22(14)9-11(10)8-21)16(23)18-13-4-2-3-12(17)6-13;3-2(4,5)1(6)7/h2-4,6,10-11H,5,7-9H2,1H3,(H,18,23);(H,6,7). The van der Waals surface area contributed by atoms with Crippen molar-refractivity contribution in [3.05, 3.63) is 41.7 Å². The maximum Gasteiger partial charge on any atom is 0.490 e. The van der Waals surface area contributed by atoms with Crippen molar-refractivity contribution < 1.29 is 32.3 Å². The first-order valence-corrected chi connectivity index (χ1v) is 9.02. The number of hydrogen-bond acceptors (Lipinski definition) is 5. The van der Waals surface area contributed by atoms with Crippen molar-refractivity contribution in [3.63, 3.8) is 0 Å². The molecule has 1 fully saturated rings. The van der Waals surface area contributed by atoms with Gasteiger partial charge in [0.1, 0.15) is 11.6 Å². The zero-order valence-electron chi connectivity index (χ0n) is 15.9. The normalized spacial score (nSPS) is 20.6. The second-order valence-corrected chi connectivity index (χ2v) is 7.26. The quantitative estimate of drug-likeness (QED) is 0.709. The Morgan fingerprint density at radius 1 is 1.17 bits per heavy atom. The topological polar surface area (TPSA) is 100 Å². The van der Waals surface area contributed by atoms with E-state index in [-0.39, 0.29) is 11.7 Å². The largest absolute Gasteiger partial charge is 0.490 e. The van der Waals surface area contributed by atoms with Gasteiger partial charge in [-0.1, -0.05) is 6.07 Å². The number of benzene rings is 1. The summed E-state index contributed by atoms with van der Waals surface area (Å²) in [5.41, 5.74) is 0.418. The van der Waals surface area contributed by atoms with Gasteiger partial charge in [0, 0.05) is 31.7 Å². The molecule has 2 aromatic rings. The van der Waals surface area contributed by atoms with Gasteiger partial charge in [-0.25, -0.2) is 9.18 Å². The maximum atomic E-state index is 13.2. The Labute approximate surface area is 168 Å². The summed E-state index contributed by atoms with van der Waals surface area (Å²) in [6.07, 6.45) is -4.23. The van der Waals surface area contributed by atoms with Crippen molar-refractivity contribution in [2.45, 2.75) is 19.1 Å². The molecule has 4 rings (SSSR count). The number of halogens is 4. The Kier molecular flexibility index (Phi) is 6.06. The number of carboxylic acid groups (broad SMARTS) is 1. The van der Waals surface area contributed by atoms with E-state index in [2.05, 4.69) is 27.5 Å². The van der Waals surface area contributed by atoms with E-state index in [4.69, 9.17) is 9.90 Å². The van der Waals surface area contributed by atoms with Crippen molar-refractivity contribution in [2.24, 2.45) is 11.8 Å². The van der Waals surface area contributed by atoms with E-state index >= 15 is 0 Å². The summed E-state index contributed by atoms with van der Waals surface area (Å²) < 4.78 is 46.9. The molecular weight excluding hydrogens is 410 g/mol. The number of rotatable bonds is 2. The van der Waals surface area contributed by atoms with Gasteiger partial charge >= 0.3 is 12.1 Å². The second-order valence-electron chi connectivity index (χ2n) is 7.26. The second kappa shape index (κ2) is 8.38. The molecule has 12 heteroatoms. The number of anilines is 1. The highest BCUT2D eigenvalue weighted by Gasteiger charge is 2.38. The van der Waals surface area contributed by atoms with Gasteiger partial charge in [-0.3, -0.25) is 4.79 Å². The molecule has 3 heterocycles. The van der Waals surface area contributed by atoms with Crippen molar-refractivity contribution in [3.8, 4) is 0 Å². The van der Waals surface area contributed by atoms with Crippen molar-refractivity contribution in [1.82, 2.24) is 19.7 Å². The lowest BCUT2D eigenvalue weighted by molar-refractivity contribution is -0.192. The zero-order valence-corrected chi connectivity index (χ0v) is 15.9. The highest BCUT2D eigenvalue weighted by atomic mass is 19.4. The van der Waals surface area contributed by atoms with Crippen LogP contribution in [0.2, 0.25) is 0 Å². The van der Waals surface area contributed by atoms with Crippen LogP contribution in [0.1, 0.15) is 16.4 Å². The van der Waals surface area contributed by atoms with E-state index in [1.165, 1.54) is 12.1 Å². The first-order chi connectivity index (χ1) is 14.0. The average molecular weight is 429 g/mol. The number of aromatic nitrogens is 3. The summed E-state index contributed by atoms with van der Waals surface area (Å²) in [6.45, 7) is 2.87. The summed E-state index contributed by atoms with van der Waals surface area (Å²) in [4.78, 5) is 23.7. The molecule has 1 saturated heterocycles. The van der Waals surface area contributed by atoms with Crippen molar-refractivity contribution in [1.29, 1.82) is 0 Å². The minimum atomic E-state index is -5.08. The van der Waals surface area contributed by atoms with Crippen LogP contribution in [-0.2, 0) is 17.8 Å². The van der Waals surface area contributed by atoms with Crippen LogP contribution in [0.4, 0.5) is 23.2 Å². The van der Waals surface area contributed by atoms with Crippen LogP contribution in [0.25, 0.3) is 0 Å². The van der Waals surface area contributed by atoms with Gasteiger partial charge in [-0.15, -0.1) is 10.2 Å². The molecule has 1 aromatic carbocycles. The summed E-state index contributed by atoms with van der Waals surface area (Å²) in [6, 6.07) is 5.83. The number of alkyl halides is 3. The van der Waals surface area contributed by atoms with Crippen LogP contribution in [0.15, 0.2) is 24.3 Å². The summed E-state index contributed by atoms with van der Waals surface area (Å²) >= 11 is 0. The molecule has 0 saturated carbocycles. The number of carbonyl (C=O) groups is 2. The summed E-state index contributed by atoms with van der Waals surface area (Å²) in [5.74, 6) is -1.20. The summed E-state index contributed by atoms with van der Waals surface area (Å²) in [7, 11) is 2.12. The number of nitrogens with one attached hydrogen (secondary N) is 1. The fourth-order valence-electron chi connectivity index (χ4n) is 3.68. The summed E-state index contributed by atoms with van der Waals surface area (Å²) in [5, 5.41) is 18.1. The maximum absolute atomic E-state index is 13.2. The number of likely N-dealkylation sites (tertiary alicyclic amines) is 1. The molecule has 2 aliphatic heterocycles. The Hall–Kier alpha value is -3.02. The molecule has 2 atom stereocenters. The highest BCUT2D eigenvalue weighted by molar-refractivity contribution is 6.01. The number of nitrogens with zero attached hydrogens (tertiary/aromatic N) is 4. The number of aliphatic carboxylic acids is 1. The molecule has 1 aromatic heterocycles. The lowest BCUT2D eigenvalue weighted by atomic mass is 9.89. The molecule has 1 amide bonds. The minimum absolute atomic E-state index is 0.303. The van der Waals surface area contributed by atoms with Gasteiger partial charge in [0.15, 0.2) is 0 Å². The van der Waals surface area contributed by atoms with Gasteiger partial charge in [0.05, 0.1) is 0 Å². The molecule has 0 radical (unpaired) electrons. The van der Waals surface area contributed by atoms with E-state index in [0.29, 0.717) is 23.3 Å². The third-order valence-electron chi connectivity index (χ3n) is 4.98. The smallest absolute Gasteiger partial charge is 0.475 e. The lowest BCUT2D eigenvalue weighted by Gasteiger charge is -2.25. The minimum Gasteiger partial charge on any atom is -0.475 e. The lowest BCUT2D eigenvalue weighted by Crippen LogP contribution is -2.31. The van der Waals surface area contributed by atoms with Crippen molar-refractivity contribution in [2.75, 3.05) is 25.5 Å². The van der Waals surface area contributed by atoms with Crippen LogP contribution < -0.4 is 5.32 Å². The molecule has 2 aliphatic rings. The van der Waals surface area contributed by atoms with Crippen molar-refractivity contribution >= 4 is 17.6 Å². The van der Waals surface area contributed by atoms with E-state index < -0.39 is 12.1 Å². The fourth-order valence-corrected chi connectivity index (χ4v) is 3.68. The monoisotopic (exact) mass is 429 g/mol. The highest BCUT2D eigenvalue weighted by Crippen LogP contribution is 2.31. The third-order valence-corrected chi connectivity index (χ3v) is 4.98. The fraction of sp³-hybridized carbons (Fsp3) is 0.444. The number of carbonyl (C=O) groups excluding carboxylic acids is 1. The number of amides is 1. The van der Waals surface area contributed by atoms with Gasteiger partial charge in [-0.2, -0.15) is 13.2 Å². The van der Waals surface area contributed by atoms with Crippen LogP contribution in [0.5, 0.6) is 0 Å². The van der Waals surface area contributed by atoms with E-state index in [0.717, 1.165) is 31.9 Å². The predicted molar refractivity (Wildman–Crippen MR) is 96.2 cm³/mol. The molecule has 0 spiro atoms. The average Bonchev–Trinajstić information content (AvgIpc) is 3.20. The van der Waals surface area contributed by atoms with Crippen LogP contribution in [-0.4, -0.2) is 63.0 Å². The Morgan fingerprint density at radius 3 is 2.47 bits per heavy atom. The van der Waals surface area contributed by atoms with Crippen LogP contribution in [0.3, 0.4) is 0 Å². The molecule has 2 unspecified atom stereocenters. The molecular formula is C18H19F4N5O3. The van der Waals surface area contributed by atoms with Gasteiger partial charge < -0.3 is 19.9 Å². The first-order valence-electron chi connectivity index (χ1n) is 9.02. The van der Waals surface area contributed by atoms with Gasteiger partial charge in [0.25, 0.3) is 5.91 Å². The predicted octanol–water partition coefficient (Wildman–Crippen LogP) is 2.04. The van der Waals surface area contributed by atoms with E-state index in [1.807, 2.05) is 4.57 Å². The number of fused-ring (bicyclic) bond motifs is 2. The number of carboxylic acids is 1. The Bertz CT molecular complexity index is 946. The first kappa shape index (κ1) is 21.7. The van der Waals surface area contributed by atoms with Crippen LogP contribution >= 0.6 is 0 Å². The Balaban J connectivity index is 0.000000318. The molecule has 30 heavy (non-hydrogen) atoms.